The van der Waals surface area contributed by atoms with Crippen molar-refractivity contribution in [2.45, 2.75) is 6.18 Å². The Labute approximate surface area is 115 Å². The van der Waals surface area contributed by atoms with E-state index in [0.29, 0.717) is 21.9 Å². The number of rotatable bonds is 2. The van der Waals surface area contributed by atoms with Crippen molar-refractivity contribution >= 4 is 28.9 Å². The molecule has 0 fully saturated rings. The number of halogens is 4. The monoisotopic (exact) mass is 305 g/mol. The van der Waals surface area contributed by atoms with Gasteiger partial charge in [-0.05, 0) is 23.1 Å². The Morgan fingerprint density at radius 2 is 1.79 bits per heavy atom. The zero-order valence-electron chi connectivity index (χ0n) is 9.12. The average molecular weight is 306 g/mol. The van der Waals surface area contributed by atoms with Gasteiger partial charge in [-0.2, -0.15) is 13.2 Å². The molecule has 2 aromatic rings. The molecule has 0 radical (unpaired) electrons. The molecule has 0 aliphatic heterocycles. The quantitative estimate of drug-likeness (QED) is 0.852. The normalized spacial score (nSPS) is 11.6. The molecule has 2 rings (SSSR count). The molecular formula is C12H5ClF3O2S-. The number of thiophene rings is 1. The molecule has 0 saturated carbocycles. The zero-order valence-corrected chi connectivity index (χ0v) is 10.7. The van der Waals surface area contributed by atoms with Gasteiger partial charge in [-0.25, -0.2) is 0 Å². The molecule has 0 aliphatic rings. The van der Waals surface area contributed by atoms with Gasteiger partial charge in [0.2, 0.25) is 0 Å². The number of carboxylic acids is 1. The predicted octanol–water partition coefficient (Wildman–Crippen LogP) is 3.45. The van der Waals surface area contributed by atoms with Crippen molar-refractivity contribution in [1.82, 2.24) is 0 Å². The lowest BCUT2D eigenvalue weighted by Gasteiger charge is -2.11. The molecule has 1 heterocycles. The van der Waals surface area contributed by atoms with Crippen molar-refractivity contribution < 1.29 is 23.1 Å². The van der Waals surface area contributed by atoms with Crippen LogP contribution in [0.4, 0.5) is 13.2 Å². The third kappa shape index (κ3) is 2.74. The molecule has 1 aromatic carbocycles. The third-order valence-electron chi connectivity index (χ3n) is 2.41. The lowest BCUT2D eigenvalue weighted by atomic mass is 10.0. The fourth-order valence-electron chi connectivity index (χ4n) is 1.61. The zero-order chi connectivity index (χ0) is 14.2. The van der Waals surface area contributed by atoms with E-state index < -0.39 is 22.6 Å². The van der Waals surface area contributed by atoms with Gasteiger partial charge < -0.3 is 9.90 Å². The summed E-state index contributed by atoms with van der Waals surface area (Å²) in [6.45, 7) is 0. The van der Waals surface area contributed by atoms with Gasteiger partial charge >= 0.3 is 6.18 Å². The van der Waals surface area contributed by atoms with Crippen molar-refractivity contribution in [2.24, 2.45) is 0 Å². The first-order chi connectivity index (χ1) is 8.80. The maximum absolute atomic E-state index is 12.7. The molecule has 0 saturated heterocycles. The number of carbonyl (C=O) groups is 1. The van der Waals surface area contributed by atoms with Crippen LogP contribution >= 0.6 is 22.9 Å². The molecule has 0 amide bonds. The number of alkyl halides is 3. The van der Waals surface area contributed by atoms with Crippen LogP contribution in [-0.4, -0.2) is 5.97 Å². The molecule has 0 unspecified atom stereocenters. The molecule has 0 N–H and O–H groups in total. The number of hydrogen-bond acceptors (Lipinski definition) is 3. The van der Waals surface area contributed by atoms with Gasteiger partial charge in [0.15, 0.2) is 0 Å². The van der Waals surface area contributed by atoms with E-state index in [1.165, 1.54) is 24.3 Å². The second kappa shape index (κ2) is 4.86. The molecule has 0 spiro atoms. The molecule has 100 valence electrons. The molecule has 0 atom stereocenters. The molecule has 19 heavy (non-hydrogen) atoms. The summed E-state index contributed by atoms with van der Waals surface area (Å²) in [6, 6.07) is 5.86. The fraction of sp³-hybridized carbons (Fsp3) is 0.0833. The fourth-order valence-corrected chi connectivity index (χ4v) is 2.67. The van der Waals surface area contributed by atoms with Crippen LogP contribution < -0.4 is 5.11 Å². The number of hydrogen-bond donors (Lipinski definition) is 0. The van der Waals surface area contributed by atoms with E-state index in [4.69, 9.17) is 11.6 Å². The van der Waals surface area contributed by atoms with Gasteiger partial charge in [0.05, 0.1) is 5.97 Å². The molecular weight excluding hydrogens is 301 g/mol. The predicted molar refractivity (Wildman–Crippen MR) is 64.1 cm³/mol. The lowest BCUT2D eigenvalue weighted by molar-refractivity contribution is -0.255. The number of carboxylic acid groups (broad SMARTS) is 1. The van der Waals surface area contributed by atoms with Gasteiger partial charge in [0.25, 0.3) is 0 Å². The molecule has 1 aromatic heterocycles. The molecule has 0 bridgehead atoms. The Bertz CT molecular complexity index is 617. The van der Waals surface area contributed by atoms with E-state index in [1.54, 1.807) is 0 Å². The summed E-state index contributed by atoms with van der Waals surface area (Å²) >= 11 is 6.00. The number of aromatic carboxylic acids is 1. The molecule has 2 nitrogen and oxygen atoms in total. The first-order valence-electron chi connectivity index (χ1n) is 4.96. The highest BCUT2D eigenvalue weighted by Gasteiger charge is 2.37. The van der Waals surface area contributed by atoms with Crippen LogP contribution in [-0.2, 0) is 6.18 Å². The Hall–Kier alpha value is -1.53. The van der Waals surface area contributed by atoms with Crippen LogP contribution in [0, 0.1) is 0 Å². The van der Waals surface area contributed by atoms with Crippen LogP contribution in [0.1, 0.15) is 15.2 Å². The topological polar surface area (TPSA) is 40.1 Å². The first kappa shape index (κ1) is 13.9. The molecule has 0 aliphatic carbocycles. The standard InChI is InChI=1S/C12H6ClF3O2S/c13-7-3-1-6(2-4-7)8-5-19-10(12(14,15)16)9(8)11(17)18/h1-5H,(H,17,18)/p-1. The largest absolute Gasteiger partial charge is 0.545 e. The SMILES string of the molecule is O=C([O-])c1c(-c2ccc(Cl)cc2)csc1C(F)(F)F. The van der Waals surface area contributed by atoms with E-state index in [0.717, 1.165) is 5.38 Å². The Morgan fingerprint density at radius 1 is 1.21 bits per heavy atom. The third-order valence-corrected chi connectivity index (χ3v) is 3.68. The van der Waals surface area contributed by atoms with Crippen LogP contribution in [0.3, 0.4) is 0 Å². The second-order valence-corrected chi connectivity index (χ2v) is 4.96. The van der Waals surface area contributed by atoms with Crippen molar-refractivity contribution in [1.29, 1.82) is 0 Å². The number of benzene rings is 1. The highest BCUT2D eigenvalue weighted by atomic mass is 35.5. The Balaban J connectivity index is 2.62. The average Bonchev–Trinajstić information content (AvgIpc) is 2.74. The van der Waals surface area contributed by atoms with Gasteiger partial charge in [-0.3, -0.25) is 0 Å². The van der Waals surface area contributed by atoms with Crippen molar-refractivity contribution in [3.8, 4) is 11.1 Å². The molecule has 7 heteroatoms. The summed E-state index contributed by atoms with van der Waals surface area (Å²) in [5.74, 6) is -1.85. The highest BCUT2D eigenvalue weighted by Crippen LogP contribution is 2.41. The van der Waals surface area contributed by atoms with Gasteiger partial charge in [0, 0.05) is 16.1 Å². The minimum atomic E-state index is -4.72. The first-order valence-corrected chi connectivity index (χ1v) is 6.22. The smallest absolute Gasteiger partial charge is 0.426 e. The van der Waals surface area contributed by atoms with E-state index >= 15 is 0 Å². The van der Waals surface area contributed by atoms with Crippen LogP contribution in [0.25, 0.3) is 11.1 Å². The van der Waals surface area contributed by atoms with Crippen molar-refractivity contribution in [3.05, 3.63) is 45.1 Å². The second-order valence-electron chi connectivity index (χ2n) is 3.65. The van der Waals surface area contributed by atoms with E-state index in [9.17, 15) is 23.1 Å². The Kier molecular flexibility index (Phi) is 3.56. The van der Waals surface area contributed by atoms with Crippen LogP contribution in [0.15, 0.2) is 29.6 Å². The number of carbonyl (C=O) groups excluding carboxylic acids is 1. The highest BCUT2D eigenvalue weighted by molar-refractivity contribution is 7.11. The summed E-state index contributed by atoms with van der Waals surface area (Å²) in [7, 11) is 0. The maximum Gasteiger partial charge on any atom is 0.426 e. The van der Waals surface area contributed by atoms with Gasteiger partial charge in [-0.15, -0.1) is 11.3 Å². The summed E-state index contributed by atoms with van der Waals surface area (Å²) < 4.78 is 38.1. The van der Waals surface area contributed by atoms with Crippen molar-refractivity contribution in [2.75, 3.05) is 0 Å². The van der Waals surface area contributed by atoms with E-state index in [1.807, 2.05) is 0 Å². The Morgan fingerprint density at radius 3 is 2.26 bits per heavy atom. The summed E-state index contributed by atoms with van der Waals surface area (Å²) in [6.07, 6.45) is -4.72. The maximum atomic E-state index is 12.7. The summed E-state index contributed by atoms with van der Waals surface area (Å²) in [5, 5.41) is 12.5. The minimum absolute atomic E-state index is 0.0195. The summed E-state index contributed by atoms with van der Waals surface area (Å²) in [5.41, 5.74) is -0.510. The van der Waals surface area contributed by atoms with Gasteiger partial charge in [-0.1, -0.05) is 23.7 Å². The van der Waals surface area contributed by atoms with E-state index in [-0.39, 0.29) is 5.56 Å². The van der Waals surface area contributed by atoms with Gasteiger partial charge in [0.1, 0.15) is 4.88 Å². The lowest BCUT2D eigenvalue weighted by Crippen LogP contribution is -2.25. The van der Waals surface area contributed by atoms with Crippen molar-refractivity contribution in [3.63, 3.8) is 0 Å². The minimum Gasteiger partial charge on any atom is -0.545 e. The van der Waals surface area contributed by atoms with Crippen LogP contribution in [0.5, 0.6) is 0 Å². The van der Waals surface area contributed by atoms with E-state index in [2.05, 4.69) is 0 Å². The van der Waals surface area contributed by atoms with Crippen LogP contribution in [0.2, 0.25) is 5.02 Å². The summed E-state index contributed by atoms with van der Waals surface area (Å²) in [4.78, 5) is 9.79.